The van der Waals surface area contributed by atoms with Crippen LogP contribution in [0.2, 0.25) is 0 Å². The van der Waals surface area contributed by atoms with Crippen LogP contribution >= 0.6 is 0 Å². The molecule has 1 fully saturated rings. The van der Waals surface area contributed by atoms with Gasteiger partial charge in [-0.2, -0.15) is 5.10 Å². The molecular weight excluding hydrogens is 350 g/mol. The van der Waals surface area contributed by atoms with Gasteiger partial charge in [-0.3, -0.25) is 14.5 Å². The number of benzene rings is 1. The molecule has 0 unspecified atom stereocenters. The Labute approximate surface area is 156 Å². The standard InChI is InChI=1S/C18H21N5O4/c1-21-15(17(25)22(2)18(21)26)8-16(24)19-9-12-10-20-23(11-12)13-5-4-6-14(7-13)27-3/h4-7,10-11,15H,8-9H2,1-3H3,(H,19,24)/t15-/m1/s1. The van der Waals surface area contributed by atoms with E-state index in [0.717, 1.165) is 21.9 Å². The maximum absolute atomic E-state index is 12.2. The van der Waals surface area contributed by atoms with Gasteiger partial charge in [0, 0.05) is 38.5 Å². The first-order valence-corrected chi connectivity index (χ1v) is 8.39. The third-order valence-corrected chi connectivity index (χ3v) is 4.49. The molecule has 1 N–H and O–H groups in total. The second kappa shape index (κ2) is 7.48. The van der Waals surface area contributed by atoms with Crippen molar-refractivity contribution in [1.82, 2.24) is 24.9 Å². The zero-order chi connectivity index (χ0) is 19.6. The van der Waals surface area contributed by atoms with Crippen molar-refractivity contribution in [3.63, 3.8) is 0 Å². The van der Waals surface area contributed by atoms with Crippen molar-refractivity contribution in [1.29, 1.82) is 0 Å². The zero-order valence-electron chi connectivity index (χ0n) is 15.4. The van der Waals surface area contributed by atoms with Crippen molar-refractivity contribution in [3.05, 3.63) is 42.2 Å². The highest BCUT2D eigenvalue weighted by molar-refractivity contribution is 6.05. The second-order valence-corrected chi connectivity index (χ2v) is 6.28. The second-order valence-electron chi connectivity index (χ2n) is 6.28. The van der Waals surface area contributed by atoms with Crippen LogP contribution in [0.15, 0.2) is 36.7 Å². The summed E-state index contributed by atoms with van der Waals surface area (Å²) in [5.41, 5.74) is 1.65. The normalized spacial score (nSPS) is 16.8. The quantitative estimate of drug-likeness (QED) is 0.757. The van der Waals surface area contributed by atoms with E-state index in [2.05, 4.69) is 10.4 Å². The third-order valence-electron chi connectivity index (χ3n) is 4.49. The number of hydrogen-bond acceptors (Lipinski definition) is 5. The number of rotatable bonds is 6. The Morgan fingerprint density at radius 1 is 1.30 bits per heavy atom. The van der Waals surface area contributed by atoms with E-state index in [1.165, 1.54) is 19.0 Å². The van der Waals surface area contributed by atoms with Gasteiger partial charge in [-0.05, 0) is 12.1 Å². The Balaban J connectivity index is 1.58. The maximum atomic E-state index is 12.2. The predicted octanol–water partition coefficient (Wildman–Crippen LogP) is 0.780. The molecule has 1 aromatic heterocycles. The lowest BCUT2D eigenvalue weighted by molar-refractivity contribution is -0.131. The lowest BCUT2D eigenvalue weighted by atomic mass is 10.2. The van der Waals surface area contributed by atoms with Gasteiger partial charge < -0.3 is 15.0 Å². The number of urea groups is 1. The Hall–Kier alpha value is -3.36. The highest BCUT2D eigenvalue weighted by Crippen LogP contribution is 2.17. The SMILES string of the molecule is COc1cccc(-n2cc(CNC(=O)C[C@@H]3C(=O)N(C)C(=O)N3C)cn2)c1. The molecule has 0 spiro atoms. The van der Waals surface area contributed by atoms with E-state index in [0.29, 0.717) is 0 Å². The first-order valence-electron chi connectivity index (χ1n) is 8.39. The highest BCUT2D eigenvalue weighted by Gasteiger charge is 2.41. The van der Waals surface area contributed by atoms with E-state index in [9.17, 15) is 14.4 Å². The number of likely N-dealkylation sites (N-methyl/N-ethyl adjacent to an activating group) is 2. The molecule has 2 aromatic rings. The number of aromatic nitrogens is 2. The number of amides is 4. The number of nitrogens with one attached hydrogen (secondary N) is 1. The van der Waals surface area contributed by atoms with Crippen molar-refractivity contribution >= 4 is 17.8 Å². The minimum absolute atomic E-state index is 0.0740. The number of ether oxygens (including phenoxy) is 1. The number of carbonyl (C=O) groups excluding carboxylic acids is 3. The fourth-order valence-electron chi connectivity index (χ4n) is 2.87. The van der Waals surface area contributed by atoms with Crippen LogP contribution in [0.3, 0.4) is 0 Å². The summed E-state index contributed by atoms with van der Waals surface area (Å²) in [6, 6.07) is 6.29. The largest absolute Gasteiger partial charge is 0.497 e. The van der Waals surface area contributed by atoms with Crippen molar-refractivity contribution in [2.24, 2.45) is 0 Å². The van der Waals surface area contributed by atoms with Crippen LogP contribution in [0.25, 0.3) is 5.69 Å². The van der Waals surface area contributed by atoms with Gasteiger partial charge >= 0.3 is 6.03 Å². The highest BCUT2D eigenvalue weighted by atomic mass is 16.5. The molecule has 0 radical (unpaired) electrons. The van der Waals surface area contributed by atoms with Gasteiger partial charge in [0.2, 0.25) is 5.91 Å². The Morgan fingerprint density at radius 3 is 2.74 bits per heavy atom. The summed E-state index contributed by atoms with van der Waals surface area (Å²) >= 11 is 0. The average Bonchev–Trinajstić information content (AvgIpc) is 3.23. The molecule has 1 atom stereocenters. The topological polar surface area (TPSA) is 96.8 Å². The minimum Gasteiger partial charge on any atom is -0.497 e. The summed E-state index contributed by atoms with van der Waals surface area (Å²) in [4.78, 5) is 38.2. The number of carbonyl (C=O) groups is 3. The predicted molar refractivity (Wildman–Crippen MR) is 96.3 cm³/mol. The van der Waals surface area contributed by atoms with Crippen LogP contribution in [-0.4, -0.2) is 64.7 Å². The molecule has 1 aliphatic rings. The summed E-state index contributed by atoms with van der Waals surface area (Å²) in [5.74, 6) is 0.0450. The zero-order valence-corrected chi connectivity index (χ0v) is 15.4. The van der Waals surface area contributed by atoms with Gasteiger partial charge in [0.15, 0.2) is 0 Å². The molecule has 2 heterocycles. The molecule has 1 aliphatic heterocycles. The van der Waals surface area contributed by atoms with Gasteiger partial charge in [-0.15, -0.1) is 0 Å². The van der Waals surface area contributed by atoms with Crippen LogP contribution in [0.1, 0.15) is 12.0 Å². The third kappa shape index (κ3) is 3.76. The van der Waals surface area contributed by atoms with Gasteiger partial charge in [-0.1, -0.05) is 6.07 Å². The fourth-order valence-corrected chi connectivity index (χ4v) is 2.87. The summed E-state index contributed by atoms with van der Waals surface area (Å²) in [6.45, 7) is 0.275. The Kier molecular flexibility index (Phi) is 5.11. The molecule has 27 heavy (non-hydrogen) atoms. The smallest absolute Gasteiger partial charge is 0.326 e. The molecule has 4 amide bonds. The van der Waals surface area contributed by atoms with Crippen molar-refractivity contribution < 1.29 is 19.1 Å². The van der Waals surface area contributed by atoms with Crippen molar-refractivity contribution in [2.45, 2.75) is 19.0 Å². The summed E-state index contributed by atoms with van der Waals surface area (Å²) < 4.78 is 6.89. The van der Waals surface area contributed by atoms with Crippen LogP contribution < -0.4 is 10.1 Å². The summed E-state index contributed by atoms with van der Waals surface area (Å²) in [6.07, 6.45) is 3.39. The fraction of sp³-hybridized carbons (Fsp3) is 0.333. The minimum atomic E-state index is -0.762. The molecule has 0 bridgehead atoms. The molecule has 1 saturated heterocycles. The van der Waals surface area contributed by atoms with E-state index in [1.807, 2.05) is 24.3 Å². The van der Waals surface area contributed by atoms with Crippen LogP contribution in [0, 0.1) is 0 Å². The molecule has 9 nitrogen and oxygen atoms in total. The number of nitrogens with zero attached hydrogens (tertiary/aromatic N) is 4. The van der Waals surface area contributed by atoms with E-state index >= 15 is 0 Å². The molecular formula is C18H21N5O4. The van der Waals surface area contributed by atoms with E-state index in [4.69, 9.17) is 4.74 Å². The van der Waals surface area contributed by atoms with E-state index < -0.39 is 12.1 Å². The molecule has 0 aliphatic carbocycles. The van der Waals surface area contributed by atoms with Crippen LogP contribution in [-0.2, 0) is 16.1 Å². The lowest BCUT2D eigenvalue weighted by Crippen LogP contribution is -2.37. The van der Waals surface area contributed by atoms with Crippen LogP contribution in [0.5, 0.6) is 5.75 Å². The van der Waals surface area contributed by atoms with Gasteiger partial charge in [0.05, 0.1) is 25.4 Å². The number of imide groups is 1. The first kappa shape index (κ1) is 18.4. The monoisotopic (exact) mass is 371 g/mol. The first-order chi connectivity index (χ1) is 12.9. The molecule has 9 heteroatoms. The number of methoxy groups -OCH3 is 1. The molecule has 0 saturated carbocycles. The summed E-state index contributed by atoms with van der Waals surface area (Å²) in [7, 11) is 4.52. The van der Waals surface area contributed by atoms with Gasteiger partial charge in [0.1, 0.15) is 11.8 Å². The average molecular weight is 371 g/mol. The van der Waals surface area contributed by atoms with Gasteiger partial charge in [-0.25, -0.2) is 9.48 Å². The number of hydrogen-bond donors (Lipinski definition) is 1. The van der Waals surface area contributed by atoms with Crippen molar-refractivity contribution in [3.8, 4) is 11.4 Å². The lowest BCUT2D eigenvalue weighted by Gasteiger charge is -2.15. The van der Waals surface area contributed by atoms with Crippen LogP contribution in [0.4, 0.5) is 4.79 Å². The maximum Gasteiger partial charge on any atom is 0.326 e. The molecule has 3 rings (SSSR count). The molecule has 142 valence electrons. The van der Waals surface area contributed by atoms with Gasteiger partial charge in [0.25, 0.3) is 5.91 Å². The van der Waals surface area contributed by atoms with E-state index in [-0.39, 0.29) is 24.8 Å². The summed E-state index contributed by atoms with van der Waals surface area (Å²) in [5, 5.41) is 7.04. The van der Waals surface area contributed by atoms with Crippen molar-refractivity contribution in [2.75, 3.05) is 21.2 Å². The Bertz CT molecular complexity index is 878. The van der Waals surface area contributed by atoms with E-state index in [1.54, 1.807) is 24.2 Å². The molecule has 1 aromatic carbocycles. The Morgan fingerprint density at radius 2 is 2.07 bits per heavy atom.